The van der Waals surface area contributed by atoms with Gasteiger partial charge in [-0.2, -0.15) is 0 Å². The van der Waals surface area contributed by atoms with Gasteiger partial charge in [0.1, 0.15) is 0 Å². The standard InChI is InChI=1S/C17H15ClN2/c1-13-11-19-12-20(13)17-8-7-16(18)10-15(17)9-14-5-3-2-4-6-14/h2-8,10-12H,9H2,1H3. The highest BCUT2D eigenvalue weighted by Crippen LogP contribution is 2.23. The van der Waals surface area contributed by atoms with Gasteiger partial charge in [-0.25, -0.2) is 4.98 Å². The monoisotopic (exact) mass is 282 g/mol. The summed E-state index contributed by atoms with van der Waals surface area (Å²) in [7, 11) is 0. The zero-order valence-corrected chi connectivity index (χ0v) is 12.0. The number of hydrogen-bond acceptors (Lipinski definition) is 1. The van der Waals surface area contributed by atoms with Crippen molar-refractivity contribution in [1.82, 2.24) is 9.55 Å². The third-order valence-electron chi connectivity index (χ3n) is 3.36. The number of hydrogen-bond donors (Lipinski definition) is 0. The van der Waals surface area contributed by atoms with Crippen LogP contribution in [0, 0.1) is 6.92 Å². The predicted octanol–water partition coefficient (Wildman–Crippen LogP) is 4.42. The second kappa shape index (κ2) is 5.51. The van der Waals surface area contributed by atoms with Crippen molar-refractivity contribution in [1.29, 1.82) is 0 Å². The van der Waals surface area contributed by atoms with E-state index in [0.29, 0.717) is 0 Å². The first-order chi connectivity index (χ1) is 9.74. The van der Waals surface area contributed by atoms with Gasteiger partial charge in [0.2, 0.25) is 0 Å². The van der Waals surface area contributed by atoms with Gasteiger partial charge in [0.05, 0.1) is 12.0 Å². The van der Waals surface area contributed by atoms with Crippen LogP contribution >= 0.6 is 11.6 Å². The predicted molar refractivity (Wildman–Crippen MR) is 82.6 cm³/mol. The molecule has 0 N–H and O–H groups in total. The number of benzene rings is 2. The molecule has 0 saturated carbocycles. The molecule has 0 fully saturated rings. The Bertz CT molecular complexity index is 717. The zero-order valence-electron chi connectivity index (χ0n) is 11.3. The van der Waals surface area contributed by atoms with Gasteiger partial charge in [0.15, 0.2) is 0 Å². The van der Waals surface area contributed by atoms with Gasteiger partial charge in [0, 0.05) is 16.9 Å². The Morgan fingerprint density at radius 1 is 1.10 bits per heavy atom. The highest BCUT2D eigenvalue weighted by Gasteiger charge is 2.08. The van der Waals surface area contributed by atoms with Crippen LogP contribution in [-0.4, -0.2) is 9.55 Å². The third-order valence-corrected chi connectivity index (χ3v) is 3.60. The minimum Gasteiger partial charge on any atom is -0.303 e. The van der Waals surface area contributed by atoms with Gasteiger partial charge in [-0.1, -0.05) is 41.9 Å². The zero-order chi connectivity index (χ0) is 13.9. The quantitative estimate of drug-likeness (QED) is 0.695. The number of aromatic nitrogens is 2. The second-order valence-corrected chi connectivity index (χ2v) is 5.28. The van der Waals surface area contributed by atoms with Crippen molar-refractivity contribution in [2.45, 2.75) is 13.3 Å². The Balaban J connectivity index is 2.05. The van der Waals surface area contributed by atoms with E-state index in [4.69, 9.17) is 11.6 Å². The largest absolute Gasteiger partial charge is 0.303 e. The molecule has 0 amide bonds. The SMILES string of the molecule is Cc1cncn1-c1ccc(Cl)cc1Cc1ccccc1. The average molecular weight is 283 g/mol. The van der Waals surface area contributed by atoms with Crippen molar-refractivity contribution in [3.63, 3.8) is 0 Å². The molecule has 0 aliphatic rings. The summed E-state index contributed by atoms with van der Waals surface area (Å²) < 4.78 is 2.09. The van der Waals surface area contributed by atoms with E-state index in [1.54, 1.807) is 0 Å². The summed E-state index contributed by atoms with van der Waals surface area (Å²) >= 11 is 6.16. The van der Waals surface area contributed by atoms with Crippen LogP contribution in [0.2, 0.25) is 5.02 Å². The van der Waals surface area contributed by atoms with Gasteiger partial charge in [-0.05, 0) is 42.7 Å². The molecule has 0 aliphatic carbocycles. The number of rotatable bonds is 3. The van der Waals surface area contributed by atoms with E-state index in [-0.39, 0.29) is 0 Å². The molecule has 20 heavy (non-hydrogen) atoms. The molecular weight excluding hydrogens is 268 g/mol. The van der Waals surface area contributed by atoms with E-state index in [0.717, 1.165) is 22.8 Å². The third kappa shape index (κ3) is 2.61. The molecule has 0 bridgehead atoms. The molecule has 3 heteroatoms. The molecule has 1 aromatic heterocycles. The van der Waals surface area contributed by atoms with Crippen molar-refractivity contribution in [3.8, 4) is 5.69 Å². The summed E-state index contributed by atoms with van der Waals surface area (Å²) in [5, 5.41) is 0.762. The van der Waals surface area contributed by atoms with Crippen LogP contribution in [-0.2, 0) is 6.42 Å². The fourth-order valence-corrected chi connectivity index (χ4v) is 2.55. The molecule has 100 valence electrons. The summed E-state index contributed by atoms with van der Waals surface area (Å²) in [6.07, 6.45) is 4.56. The molecule has 0 atom stereocenters. The van der Waals surface area contributed by atoms with Crippen LogP contribution in [0.1, 0.15) is 16.8 Å². The molecule has 2 nitrogen and oxygen atoms in total. The van der Waals surface area contributed by atoms with Gasteiger partial charge < -0.3 is 4.57 Å². The fourth-order valence-electron chi connectivity index (χ4n) is 2.36. The first kappa shape index (κ1) is 12.9. The first-order valence-electron chi connectivity index (χ1n) is 6.56. The van der Waals surface area contributed by atoms with Crippen LogP contribution in [0.3, 0.4) is 0 Å². The summed E-state index contributed by atoms with van der Waals surface area (Å²) in [5.74, 6) is 0. The smallest absolute Gasteiger partial charge is 0.0994 e. The highest BCUT2D eigenvalue weighted by molar-refractivity contribution is 6.30. The van der Waals surface area contributed by atoms with E-state index < -0.39 is 0 Å². The Morgan fingerprint density at radius 2 is 1.90 bits per heavy atom. The van der Waals surface area contributed by atoms with E-state index >= 15 is 0 Å². The lowest BCUT2D eigenvalue weighted by Crippen LogP contribution is -2.01. The normalized spacial score (nSPS) is 10.7. The molecule has 3 aromatic rings. The lowest BCUT2D eigenvalue weighted by molar-refractivity contribution is 0.976. The molecular formula is C17H15ClN2. The highest BCUT2D eigenvalue weighted by atomic mass is 35.5. The van der Waals surface area contributed by atoms with Gasteiger partial charge in [0.25, 0.3) is 0 Å². The molecule has 0 unspecified atom stereocenters. The van der Waals surface area contributed by atoms with Gasteiger partial charge in [-0.3, -0.25) is 0 Å². The Morgan fingerprint density at radius 3 is 2.60 bits per heavy atom. The number of halogens is 1. The molecule has 2 aromatic carbocycles. The maximum atomic E-state index is 6.16. The Kier molecular flexibility index (Phi) is 3.57. The van der Waals surface area contributed by atoms with Gasteiger partial charge in [-0.15, -0.1) is 0 Å². The Labute approximate surface area is 123 Å². The molecule has 0 aliphatic heterocycles. The van der Waals surface area contributed by atoms with Crippen LogP contribution < -0.4 is 0 Å². The maximum absolute atomic E-state index is 6.16. The van der Waals surface area contributed by atoms with Crippen LogP contribution in [0.4, 0.5) is 0 Å². The fraction of sp³-hybridized carbons (Fsp3) is 0.118. The minimum absolute atomic E-state index is 0.762. The van der Waals surface area contributed by atoms with Crippen molar-refractivity contribution in [3.05, 3.63) is 82.9 Å². The van der Waals surface area contributed by atoms with Crippen LogP contribution in [0.5, 0.6) is 0 Å². The minimum atomic E-state index is 0.762. The Hall–Kier alpha value is -2.06. The van der Waals surface area contributed by atoms with E-state index in [1.165, 1.54) is 11.1 Å². The molecule has 1 heterocycles. The summed E-state index contributed by atoms with van der Waals surface area (Å²) in [6, 6.07) is 16.4. The van der Waals surface area contributed by atoms with Crippen LogP contribution in [0.15, 0.2) is 61.1 Å². The first-order valence-corrected chi connectivity index (χ1v) is 6.93. The van der Waals surface area contributed by atoms with Crippen molar-refractivity contribution in [2.24, 2.45) is 0 Å². The summed E-state index contributed by atoms with van der Waals surface area (Å²) in [5.41, 5.74) is 4.72. The van der Waals surface area contributed by atoms with Crippen molar-refractivity contribution < 1.29 is 0 Å². The molecule has 0 saturated heterocycles. The van der Waals surface area contributed by atoms with Crippen molar-refractivity contribution in [2.75, 3.05) is 0 Å². The van der Waals surface area contributed by atoms with E-state index in [2.05, 4.69) is 39.9 Å². The summed E-state index contributed by atoms with van der Waals surface area (Å²) in [6.45, 7) is 2.05. The summed E-state index contributed by atoms with van der Waals surface area (Å²) in [4.78, 5) is 4.20. The molecule has 3 rings (SSSR count). The second-order valence-electron chi connectivity index (χ2n) is 4.84. The van der Waals surface area contributed by atoms with Gasteiger partial charge >= 0.3 is 0 Å². The lowest BCUT2D eigenvalue weighted by Gasteiger charge is -2.12. The maximum Gasteiger partial charge on any atom is 0.0994 e. The van der Waals surface area contributed by atoms with E-state index in [9.17, 15) is 0 Å². The lowest BCUT2D eigenvalue weighted by atomic mass is 10.0. The van der Waals surface area contributed by atoms with Crippen molar-refractivity contribution >= 4 is 11.6 Å². The number of imidazole rings is 1. The average Bonchev–Trinajstić information content (AvgIpc) is 2.86. The topological polar surface area (TPSA) is 17.8 Å². The molecule has 0 spiro atoms. The number of nitrogens with zero attached hydrogens (tertiary/aromatic N) is 2. The van der Waals surface area contributed by atoms with Crippen LogP contribution in [0.25, 0.3) is 5.69 Å². The molecule has 0 radical (unpaired) electrons. The van der Waals surface area contributed by atoms with E-state index in [1.807, 2.05) is 37.6 Å². The number of aryl methyl sites for hydroxylation is 1.